The Bertz CT molecular complexity index is 1390. The average molecular weight is 493 g/mol. The molecule has 1 atom stereocenters. The van der Waals surface area contributed by atoms with Crippen molar-refractivity contribution < 1.29 is 4.79 Å². The molecule has 0 bridgehead atoms. The molecule has 1 aliphatic rings. The Morgan fingerprint density at radius 1 is 1.21 bits per heavy atom. The van der Waals surface area contributed by atoms with E-state index >= 15 is 0 Å². The Morgan fingerprint density at radius 3 is 2.76 bits per heavy atom. The van der Waals surface area contributed by atoms with Crippen LogP contribution in [0.2, 0.25) is 0 Å². The summed E-state index contributed by atoms with van der Waals surface area (Å²) < 4.78 is 2.33. The topological polar surface area (TPSA) is 68.1 Å². The largest absolute Gasteiger partial charge is 0.342 e. The van der Waals surface area contributed by atoms with Crippen molar-refractivity contribution >= 4 is 49.4 Å². The highest BCUT2D eigenvalue weighted by atomic mass is 32.2. The third-order valence-electron chi connectivity index (χ3n) is 6.42. The molecular formula is C26H28N4O2S2. The highest BCUT2D eigenvalue weighted by Crippen LogP contribution is 2.31. The number of fused-ring (bicyclic) bond motifs is 3. The van der Waals surface area contributed by atoms with Crippen molar-refractivity contribution in [1.29, 1.82) is 0 Å². The smallest absolute Gasteiger partial charge is 0.272 e. The van der Waals surface area contributed by atoms with Gasteiger partial charge in [-0.05, 0) is 48.4 Å². The lowest BCUT2D eigenvalue weighted by Crippen LogP contribution is -2.40. The van der Waals surface area contributed by atoms with E-state index in [1.165, 1.54) is 35.1 Å². The highest BCUT2D eigenvalue weighted by Gasteiger charge is 2.23. The van der Waals surface area contributed by atoms with Gasteiger partial charge in [-0.1, -0.05) is 49.9 Å². The van der Waals surface area contributed by atoms with Crippen LogP contribution in [0.5, 0.6) is 0 Å². The van der Waals surface area contributed by atoms with Gasteiger partial charge in [-0.2, -0.15) is 0 Å². The summed E-state index contributed by atoms with van der Waals surface area (Å²) in [7, 11) is 0. The summed E-state index contributed by atoms with van der Waals surface area (Å²) in [4.78, 5) is 38.7. The molecule has 0 aliphatic carbocycles. The molecule has 0 radical (unpaired) electrons. The maximum atomic E-state index is 13.6. The van der Waals surface area contributed by atoms with Gasteiger partial charge in [0.15, 0.2) is 5.16 Å². The molecule has 0 spiro atoms. The first-order chi connectivity index (χ1) is 16.5. The van der Waals surface area contributed by atoms with Gasteiger partial charge in [-0.15, -0.1) is 11.3 Å². The maximum absolute atomic E-state index is 13.6. The van der Waals surface area contributed by atoms with Crippen LogP contribution in [0.3, 0.4) is 0 Å². The second-order valence-electron chi connectivity index (χ2n) is 8.97. The lowest BCUT2D eigenvalue weighted by Gasteiger charge is -2.30. The number of amides is 1. The molecule has 6 nitrogen and oxygen atoms in total. The van der Waals surface area contributed by atoms with E-state index in [-0.39, 0.29) is 17.2 Å². The zero-order valence-electron chi connectivity index (χ0n) is 19.5. The van der Waals surface area contributed by atoms with Crippen molar-refractivity contribution in [3.8, 4) is 0 Å². The fraction of sp³-hybridized carbons (Fsp3) is 0.385. The Balaban J connectivity index is 1.51. The molecule has 5 rings (SSSR count). The van der Waals surface area contributed by atoms with E-state index in [4.69, 9.17) is 4.98 Å². The minimum Gasteiger partial charge on any atom is -0.342 e. The predicted octanol–water partition coefficient (Wildman–Crippen LogP) is 4.97. The van der Waals surface area contributed by atoms with E-state index < -0.39 is 0 Å². The van der Waals surface area contributed by atoms with Gasteiger partial charge in [0.25, 0.3) is 5.56 Å². The molecule has 1 aliphatic heterocycles. The fourth-order valence-corrected chi connectivity index (χ4v) is 6.41. The highest BCUT2D eigenvalue weighted by molar-refractivity contribution is 7.99. The lowest BCUT2D eigenvalue weighted by molar-refractivity contribution is -0.130. The third-order valence-corrected chi connectivity index (χ3v) is 8.48. The van der Waals surface area contributed by atoms with E-state index in [1.54, 1.807) is 10.8 Å². The average Bonchev–Trinajstić information content (AvgIpc) is 3.24. The SMILES string of the molecule is CCc1ccc(Cn2c(SCC(=O)N3CCCC(C)C3)nc3c(sc4ncccc43)c2=O)cc1. The number of pyridine rings is 1. The van der Waals surface area contributed by atoms with Crippen LogP contribution in [-0.2, 0) is 17.8 Å². The number of aromatic nitrogens is 3. The number of carbonyl (C=O) groups excluding carboxylic acids is 1. The van der Waals surface area contributed by atoms with Crippen LogP contribution in [0.1, 0.15) is 37.8 Å². The first-order valence-electron chi connectivity index (χ1n) is 11.8. The summed E-state index contributed by atoms with van der Waals surface area (Å²) >= 11 is 2.75. The van der Waals surface area contributed by atoms with Crippen molar-refractivity contribution in [3.05, 3.63) is 64.1 Å². The Hall–Kier alpha value is -2.71. The number of thiophene rings is 1. The molecule has 3 aromatic heterocycles. The molecule has 4 heterocycles. The summed E-state index contributed by atoms with van der Waals surface area (Å²) in [6.07, 6.45) is 4.93. The van der Waals surface area contributed by atoms with E-state index in [9.17, 15) is 9.59 Å². The van der Waals surface area contributed by atoms with Gasteiger partial charge in [0, 0.05) is 24.7 Å². The van der Waals surface area contributed by atoms with Crippen LogP contribution >= 0.6 is 23.1 Å². The van der Waals surface area contributed by atoms with Gasteiger partial charge in [0.05, 0.1) is 17.8 Å². The van der Waals surface area contributed by atoms with Gasteiger partial charge in [0.1, 0.15) is 9.53 Å². The first-order valence-corrected chi connectivity index (χ1v) is 13.6. The number of aryl methyl sites for hydroxylation is 1. The van der Waals surface area contributed by atoms with Crippen LogP contribution in [-0.4, -0.2) is 44.2 Å². The van der Waals surface area contributed by atoms with Gasteiger partial charge in [-0.3, -0.25) is 14.2 Å². The zero-order valence-corrected chi connectivity index (χ0v) is 21.1. The summed E-state index contributed by atoms with van der Waals surface area (Å²) in [6, 6.07) is 12.2. The lowest BCUT2D eigenvalue weighted by atomic mass is 10.0. The maximum Gasteiger partial charge on any atom is 0.272 e. The van der Waals surface area contributed by atoms with E-state index in [1.807, 2.05) is 17.0 Å². The molecule has 4 aromatic rings. The molecule has 1 saturated heterocycles. The first kappa shape index (κ1) is 23.1. The predicted molar refractivity (Wildman–Crippen MR) is 140 cm³/mol. The molecule has 1 unspecified atom stereocenters. The van der Waals surface area contributed by atoms with Gasteiger partial charge >= 0.3 is 0 Å². The number of hydrogen-bond donors (Lipinski definition) is 0. The zero-order chi connectivity index (χ0) is 23.7. The van der Waals surface area contributed by atoms with Crippen LogP contribution in [0.15, 0.2) is 52.5 Å². The molecule has 34 heavy (non-hydrogen) atoms. The normalized spacial score (nSPS) is 16.4. The van der Waals surface area contributed by atoms with Crippen molar-refractivity contribution in [1.82, 2.24) is 19.4 Å². The molecule has 0 N–H and O–H groups in total. The minimum atomic E-state index is -0.0749. The molecular weight excluding hydrogens is 464 g/mol. The third kappa shape index (κ3) is 4.61. The van der Waals surface area contributed by atoms with Crippen molar-refractivity contribution in [2.45, 2.75) is 44.8 Å². The number of hydrogen-bond acceptors (Lipinski definition) is 6. The second kappa shape index (κ2) is 9.88. The summed E-state index contributed by atoms with van der Waals surface area (Å²) in [6.45, 7) is 6.36. The van der Waals surface area contributed by atoms with E-state index in [0.29, 0.717) is 27.8 Å². The number of carbonyl (C=O) groups is 1. The quantitative estimate of drug-likeness (QED) is 0.281. The number of rotatable bonds is 6. The van der Waals surface area contributed by atoms with Crippen molar-refractivity contribution in [2.75, 3.05) is 18.8 Å². The monoisotopic (exact) mass is 492 g/mol. The Labute approximate surface area is 207 Å². The van der Waals surface area contributed by atoms with Gasteiger partial charge in [0.2, 0.25) is 5.91 Å². The molecule has 1 aromatic carbocycles. The standard InChI is InChI=1S/C26H28N4O2S2/c1-3-18-8-10-19(11-9-18)15-30-25(32)23-22(20-7-4-12-27-24(20)34-23)28-26(30)33-16-21(31)29-13-5-6-17(2)14-29/h4,7-12,17H,3,5-6,13-16H2,1-2H3. The van der Waals surface area contributed by atoms with Crippen LogP contribution in [0.4, 0.5) is 0 Å². The van der Waals surface area contributed by atoms with Crippen molar-refractivity contribution in [2.24, 2.45) is 5.92 Å². The van der Waals surface area contributed by atoms with Crippen LogP contribution in [0.25, 0.3) is 20.4 Å². The summed E-state index contributed by atoms with van der Waals surface area (Å²) in [5, 5.41) is 1.47. The van der Waals surface area contributed by atoms with Crippen molar-refractivity contribution in [3.63, 3.8) is 0 Å². The van der Waals surface area contributed by atoms with Gasteiger partial charge < -0.3 is 4.90 Å². The Kier molecular flexibility index (Phi) is 6.70. The second-order valence-corrected chi connectivity index (χ2v) is 10.9. The number of thioether (sulfide) groups is 1. The molecule has 176 valence electrons. The number of nitrogens with zero attached hydrogens (tertiary/aromatic N) is 4. The summed E-state index contributed by atoms with van der Waals surface area (Å²) in [5.41, 5.74) is 2.90. The van der Waals surface area contributed by atoms with Gasteiger partial charge in [-0.25, -0.2) is 9.97 Å². The molecule has 8 heteroatoms. The van der Waals surface area contributed by atoms with Crippen LogP contribution < -0.4 is 5.56 Å². The van der Waals surface area contributed by atoms with E-state index in [0.717, 1.165) is 41.7 Å². The summed E-state index contributed by atoms with van der Waals surface area (Å²) in [5.74, 6) is 0.924. The molecule has 0 saturated carbocycles. The Morgan fingerprint density at radius 2 is 2.00 bits per heavy atom. The molecule has 1 fully saturated rings. The van der Waals surface area contributed by atoms with E-state index in [2.05, 4.69) is 43.1 Å². The number of likely N-dealkylation sites (tertiary alicyclic amines) is 1. The fourth-order valence-electron chi connectivity index (χ4n) is 4.49. The molecule has 1 amide bonds. The minimum absolute atomic E-state index is 0.0749. The number of piperidine rings is 1. The van der Waals surface area contributed by atoms with Crippen LogP contribution in [0, 0.1) is 5.92 Å². The number of benzene rings is 1.